The first-order valence-corrected chi connectivity index (χ1v) is 5.23. The number of aliphatic carboxylic acids is 1. The number of rotatable bonds is 5. The molecular formula is C11H10Cl2O3. The second-order valence-corrected chi connectivity index (χ2v) is 3.89. The highest BCUT2D eigenvalue weighted by molar-refractivity contribution is 6.35. The Morgan fingerprint density at radius 2 is 2.19 bits per heavy atom. The van der Waals surface area contributed by atoms with Crippen LogP contribution in [-0.4, -0.2) is 17.7 Å². The molecule has 0 aliphatic rings. The van der Waals surface area contributed by atoms with Gasteiger partial charge in [0.05, 0.1) is 5.02 Å². The maximum atomic E-state index is 10.4. The number of halogens is 2. The third-order valence-electron chi connectivity index (χ3n) is 1.79. The van der Waals surface area contributed by atoms with Gasteiger partial charge in [-0.2, -0.15) is 0 Å². The van der Waals surface area contributed by atoms with E-state index in [1.807, 2.05) is 0 Å². The molecular weight excluding hydrogens is 251 g/mol. The fourth-order valence-corrected chi connectivity index (χ4v) is 1.81. The number of benzene rings is 1. The summed E-state index contributed by atoms with van der Waals surface area (Å²) in [6.45, 7) is 3.15. The smallest absolute Gasteiger partial charge is 0.341 e. The Bertz CT molecular complexity index is 416. The lowest BCUT2D eigenvalue weighted by Gasteiger charge is -2.11. The number of ether oxygens (including phenoxy) is 1. The van der Waals surface area contributed by atoms with Crippen LogP contribution < -0.4 is 4.74 Å². The van der Waals surface area contributed by atoms with Crippen LogP contribution in [0.15, 0.2) is 24.8 Å². The van der Waals surface area contributed by atoms with E-state index in [0.717, 1.165) is 0 Å². The summed E-state index contributed by atoms with van der Waals surface area (Å²) in [7, 11) is 0. The second-order valence-electron chi connectivity index (χ2n) is 3.05. The van der Waals surface area contributed by atoms with Crippen molar-refractivity contribution in [3.63, 3.8) is 0 Å². The van der Waals surface area contributed by atoms with E-state index in [1.165, 1.54) is 6.07 Å². The lowest BCUT2D eigenvalue weighted by atomic mass is 10.1. The summed E-state index contributed by atoms with van der Waals surface area (Å²) in [4.78, 5) is 10.4. The van der Waals surface area contributed by atoms with Crippen LogP contribution in [0.1, 0.15) is 5.56 Å². The molecule has 1 aromatic carbocycles. The molecule has 0 heterocycles. The van der Waals surface area contributed by atoms with E-state index >= 15 is 0 Å². The molecule has 0 radical (unpaired) electrons. The average molecular weight is 261 g/mol. The third-order valence-corrected chi connectivity index (χ3v) is 2.29. The van der Waals surface area contributed by atoms with Crippen molar-refractivity contribution in [3.8, 4) is 5.75 Å². The number of hydrogen-bond donors (Lipinski definition) is 1. The van der Waals surface area contributed by atoms with E-state index in [2.05, 4.69) is 6.58 Å². The van der Waals surface area contributed by atoms with Crippen LogP contribution >= 0.6 is 23.2 Å². The molecule has 0 saturated heterocycles. The first-order chi connectivity index (χ1) is 7.54. The van der Waals surface area contributed by atoms with Crippen molar-refractivity contribution in [2.24, 2.45) is 0 Å². The van der Waals surface area contributed by atoms with Crippen LogP contribution in [0, 0.1) is 0 Å². The summed E-state index contributed by atoms with van der Waals surface area (Å²) in [5.41, 5.74) is 0.716. The summed E-state index contributed by atoms with van der Waals surface area (Å²) >= 11 is 11.7. The minimum absolute atomic E-state index is 0.297. The molecule has 3 nitrogen and oxygen atoms in total. The molecule has 5 heteroatoms. The van der Waals surface area contributed by atoms with E-state index in [-0.39, 0.29) is 0 Å². The van der Waals surface area contributed by atoms with Crippen LogP contribution in [-0.2, 0) is 11.2 Å². The molecule has 1 rings (SSSR count). The van der Waals surface area contributed by atoms with Crippen LogP contribution in [0.2, 0.25) is 10.0 Å². The van der Waals surface area contributed by atoms with E-state index < -0.39 is 12.6 Å². The van der Waals surface area contributed by atoms with Gasteiger partial charge in [-0.1, -0.05) is 29.3 Å². The molecule has 0 bridgehead atoms. The molecule has 1 N–H and O–H groups in total. The fourth-order valence-electron chi connectivity index (χ4n) is 1.22. The van der Waals surface area contributed by atoms with Crippen molar-refractivity contribution < 1.29 is 14.6 Å². The molecule has 16 heavy (non-hydrogen) atoms. The van der Waals surface area contributed by atoms with E-state index in [0.29, 0.717) is 27.8 Å². The molecule has 0 spiro atoms. The van der Waals surface area contributed by atoms with Crippen LogP contribution in [0.25, 0.3) is 0 Å². The standard InChI is InChI=1S/C11H10Cl2O3/c1-2-3-7-4-8(12)5-9(13)11(7)16-6-10(14)15/h2,4-5H,1,3,6H2,(H,14,15). The van der Waals surface area contributed by atoms with Gasteiger partial charge in [-0.15, -0.1) is 6.58 Å². The molecule has 86 valence electrons. The number of allylic oxidation sites excluding steroid dienone is 1. The summed E-state index contributed by atoms with van der Waals surface area (Å²) in [6.07, 6.45) is 2.17. The lowest BCUT2D eigenvalue weighted by molar-refractivity contribution is -0.139. The number of hydrogen-bond acceptors (Lipinski definition) is 2. The maximum absolute atomic E-state index is 10.4. The van der Waals surface area contributed by atoms with Crippen molar-refractivity contribution in [2.45, 2.75) is 6.42 Å². The molecule has 0 unspecified atom stereocenters. The summed E-state index contributed by atoms with van der Waals surface area (Å²) in [5.74, 6) is -0.719. The number of carboxylic acid groups (broad SMARTS) is 1. The number of carboxylic acids is 1. The van der Waals surface area contributed by atoms with Crippen molar-refractivity contribution in [2.75, 3.05) is 6.61 Å². The van der Waals surface area contributed by atoms with Gasteiger partial charge in [0.15, 0.2) is 6.61 Å². The minimum atomic E-state index is -1.06. The van der Waals surface area contributed by atoms with Crippen LogP contribution in [0.3, 0.4) is 0 Å². The van der Waals surface area contributed by atoms with Crippen LogP contribution in [0.5, 0.6) is 5.75 Å². The average Bonchev–Trinajstić information content (AvgIpc) is 2.16. The Kier molecular flexibility index (Phi) is 4.65. The summed E-state index contributed by atoms with van der Waals surface area (Å²) in [6, 6.07) is 3.18. The first kappa shape index (κ1) is 12.9. The molecule has 0 fully saturated rings. The van der Waals surface area contributed by atoms with Gasteiger partial charge in [0.2, 0.25) is 0 Å². The largest absolute Gasteiger partial charge is 0.480 e. The van der Waals surface area contributed by atoms with Gasteiger partial charge >= 0.3 is 5.97 Å². The van der Waals surface area contributed by atoms with Crippen molar-refractivity contribution in [1.29, 1.82) is 0 Å². The maximum Gasteiger partial charge on any atom is 0.341 e. The Labute approximate surface area is 103 Å². The third kappa shape index (κ3) is 3.43. The highest BCUT2D eigenvalue weighted by Crippen LogP contribution is 2.32. The van der Waals surface area contributed by atoms with Gasteiger partial charge in [0, 0.05) is 10.6 Å². The zero-order chi connectivity index (χ0) is 12.1. The molecule has 1 aromatic rings. The van der Waals surface area contributed by atoms with Gasteiger partial charge in [-0.25, -0.2) is 4.79 Å². The second kappa shape index (κ2) is 5.77. The fraction of sp³-hybridized carbons (Fsp3) is 0.182. The molecule has 0 aliphatic heterocycles. The van der Waals surface area contributed by atoms with E-state index in [9.17, 15) is 4.79 Å². The van der Waals surface area contributed by atoms with E-state index in [4.69, 9.17) is 33.0 Å². The lowest BCUT2D eigenvalue weighted by Crippen LogP contribution is -2.10. The molecule has 0 atom stereocenters. The number of carbonyl (C=O) groups is 1. The van der Waals surface area contributed by atoms with Gasteiger partial charge < -0.3 is 9.84 Å². The molecule has 0 saturated carbocycles. The Morgan fingerprint density at radius 1 is 1.50 bits per heavy atom. The normalized spacial score (nSPS) is 9.88. The van der Waals surface area contributed by atoms with Crippen molar-refractivity contribution in [1.82, 2.24) is 0 Å². The van der Waals surface area contributed by atoms with Crippen molar-refractivity contribution >= 4 is 29.2 Å². The quantitative estimate of drug-likeness (QED) is 0.828. The monoisotopic (exact) mass is 260 g/mol. The minimum Gasteiger partial charge on any atom is -0.480 e. The predicted octanol–water partition coefficient (Wildman–Crippen LogP) is 3.19. The molecule has 0 aliphatic carbocycles. The van der Waals surface area contributed by atoms with Gasteiger partial charge in [-0.3, -0.25) is 0 Å². The van der Waals surface area contributed by atoms with Gasteiger partial charge in [-0.05, 0) is 18.6 Å². The van der Waals surface area contributed by atoms with Crippen molar-refractivity contribution in [3.05, 3.63) is 40.4 Å². The highest BCUT2D eigenvalue weighted by atomic mass is 35.5. The first-order valence-electron chi connectivity index (χ1n) is 4.48. The summed E-state index contributed by atoms with van der Waals surface area (Å²) in [5, 5.41) is 9.30. The Hall–Kier alpha value is -1.19. The van der Waals surface area contributed by atoms with Crippen LogP contribution in [0.4, 0.5) is 0 Å². The Morgan fingerprint density at radius 3 is 2.75 bits per heavy atom. The Balaban J connectivity index is 3.03. The molecule has 0 amide bonds. The SMILES string of the molecule is C=CCc1cc(Cl)cc(Cl)c1OCC(=O)O. The topological polar surface area (TPSA) is 46.5 Å². The van der Waals surface area contributed by atoms with Gasteiger partial charge in [0.1, 0.15) is 5.75 Å². The van der Waals surface area contributed by atoms with E-state index in [1.54, 1.807) is 12.1 Å². The van der Waals surface area contributed by atoms with Gasteiger partial charge in [0.25, 0.3) is 0 Å². The zero-order valence-corrected chi connectivity index (χ0v) is 9.88. The predicted molar refractivity (Wildman–Crippen MR) is 63.5 cm³/mol. The highest BCUT2D eigenvalue weighted by Gasteiger charge is 2.11. The summed E-state index contributed by atoms with van der Waals surface area (Å²) < 4.78 is 5.10. The zero-order valence-electron chi connectivity index (χ0n) is 8.37. The molecule has 0 aromatic heterocycles.